The van der Waals surface area contributed by atoms with E-state index in [0.717, 1.165) is 17.9 Å². The summed E-state index contributed by atoms with van der Waals surface area (Å²) in [7, 11) is 0. The third kappa shape index (κ3) is 3.40. The molecule has 108 valence electrons. The molecule has 0 amide bonds. The van der Waals surface area contributed by atoms with Crippen LogP contribution in [0.4, 0.5) is 0 Å². The van der Waals surface area contributed by atoms with E-state index in [4.69, 9.17) is 5.11 Å². The SMILES string of the molecule is CCC(C)(CCO)NCc1nnnn1-c1ccccc1. The molecule has 2 aromatic rings. The summed E-state index contributed by atoms with van der Waals surface area (Å²) in [5, 5.41) is 24.4. The summed E-state index contributed by atoms with van der Waals surface area (Å²) in [6.45, 7) is 4.93. The van der Waals surface area contributed by atoms with Crippen LogP contribution >= 0.6 is 0 Å². The van der Waals surface area contributed by atoms with Gasteiger partial charge in [-0.2, -0.15) is 4.68 Å². The molecule has 0 spiro atoms. The number of hydrogen-bond acceptors (Lipinski definition) is 5. The Morgan fingerprint density at radius 3 is 2.70 bits per heavy atom. The lowest BCUT2D eigenvalue weighted by atomic mass is 9.95. The van der Waals surface area contributed by atoms with Gasteiger partial charge in [-0.15, -0.1) is 5.10 Å². The number of para-hydroxylation sites is 1. The van der Waals surface area contributed by atoms with Crippen LogP contribution in [-0.2, 0) is 6.54 Å². The predicted octanol–water partition coefficient (Wildman–Crippen LogP) is 1.30. The zero-order chi connectivity index (χ0) is 14.4. The van der Waals surface area contributed by atoms with Crippen LogP contribution in [0, 0.1) is 0 Å². The van der Waals surface area contributed by atoms with Crippen LogP contribution in [0.25, 0.3) is 5.69 Å². The second-order valence-electron chi connectivity index (χ2n) is 5.08. The summed E-state index contributed by atoms with van der Waals surface area (Å²) in [4.78, 5) is 0. The highest BCUT2D eigenvalue weighted by atomic mass is 16.3. The Morgan fingerprint density at radius 2 is 2.05 bits per heavy atom. The summed E-state index contributed by atoms with van der Waals surface area (Å²) in [5.41, 5.74) is 0.831. The van der Waals surface area contributed by atoms with Gasteiger partial charge in [0.05, 0.1) is 12.2 Å². The number of aromatic nitrogens is 4. The van der Waals surface area contributed by atoms with Crippen LogP contribution in [0.2, 0.25) is 0 Å². The van der Waals surface area contributed by atoms with Crippen LogP contribution in [0.5, 0.6) is 0 Å². The van der Waals surface area contributed by atoms with Crippen LogP contribution in [0.3, 0.4) is 0 Å². The highest BCUT2D eigenvalue weighted by molar-refractivity contribution is 5.30. The Bertz CT molecular complexity index is 527. The summed E-state index contributed by atoms with van der Waals surface area (Å²) in [5.74, 6) is 0.758. The highest BCUT2D eigenvalue weighted by Gasteiger charge is 2.21. The number of aliphatic hydroxyl groups is 1. The van der Waals surface area contributed by atoms with E-state index in [9.17, 15) is 0 Å². The van der Waals surface area contributed by atoms with Crippen LogP contribution < -0.4 is 5.32 Å². The maximum absolute atomic E-state index is 9.14. The van der Waals surface area contributed by atoms with Crippen LogP contribution in [0.15, 0.2) is 30.3 Å². The second kappa shape index (κ2) is 6.58. The topological polar surface area (TPSA) is 75.9 Å². The highest BCUT2D eigenvalue weighted by Crippen LogP contribution is 2.15. The molecule has 6 heteroatoms. The van der Waals surface area contributed by atoms with Gasteiger partial charge >= 0.3 is 0 Å². The van der Waals surface area contributed by atoms with Gasteiger partial charge in [0.2, 0.25) is 0 Å². The molecular formula is C14H21N5O. The molecule has 1 aromatic carbocycles. The molecule has 0 aliphatic carbocycles. The number of nitrogens with zero attached hydrogens (tertiary/aromatic N) is 4. The molecule has 0 saturated heterocycles. The minimum atomic E-state index is -0.109. The third-order valence-corrected chi connectivity index (χ3v) is 3.65. The molecule has 0 aliphatic rings. The Balaban J connectivity index is 2.10. The molecule has 1 unspecified atom stereocenters. The molecule has 0 saturated carbocycles. The lowest BCUT2D eigenvalue weighted by Crippen LogP contribution is -2.42. The third-order valence-electron chi connectivity index (χ3n) is 3.65. The largest absolute Gasteiger partial charge is 0.396 e. The number of rotatable bonds is 7. The van der Waals surface area contributed by atoms with Gasteiger partial charge in [-0.1, -0.05) is 25.1 Å². The van der Waals surface area contributed by atoms with Crippen molar-refractivity contribution < 1.29 is 5.11 Å². The van der Waals surface area contributed by atoms with Gasteiger partial charge < -0.3 is 10.4 Å². The zero-order valence-electron chi connectivity index (χ0n) is 12.0. The molecule has 0 bridgehead atoms. The monoisotopic (exact) mass is 275 g/mol. The van der Waals surface area contributed by atoms with E-state index in [-0.39, 0.29) is 12.1 Å². The standard InChI is InChI=1S/C14H21N5O/c1-3-14(2,9-10-20)15-11-13-16-17-18-19(13)12-7-5-4-6-8-12/h4-8,15,20H,3,9-11H2,1-2H3. The Kier molecular flexibility index (Phi) is 4.81. The first-order chi connectivity index (χ1) is 9.68. The lowest BCUT2D eigenvalue weighted by Gasteiger charge is -2.28. The lowest BCUT2D eigenvalue weighted by molar-refractivity contribution is 0.213. The van der Waals surface area contributed by atoms with Gasteiger partial charge in [-0.3, -0.25) is 0 Å². The van der Waals surface area contributed by atoms with Gasteiger partial charge in [0.25, 0.3) is 0 Å². The average Bonchev–Trinajstić information content (AvgIpc) is 2.95. The predicted molar refractivity (Wildman–Crippen MR) is 76.4 cm³/mol. The molecular weight excluding hydrogens is 254 g/mol. The Labute approximate surface area is 118 Å². The van der Waals surface area contributed by atoms with Crippen molar-refractivity contribution in [1.82, 2.24) is 25.5 Å². The van der Waals surface area contributed by atoms with Crippen molar-refractivity contribution in [2.75, 3.05) is 6.61 Å². The molecule has 1 heterocycles. The Hall–Kier alpha value is -1.79. The van der Waals surface area contributed by atoms with E-state index in [0.29, 0.717) is 13.0 Å². The van der Waals surface area contributed by atoms with Crippen molar-refractivity contribution in [3.8, 4) is 5.69 Å². The Morgan fingerprint density at radius 1 is 1.30 bits per heavy atom. The number of nitrogens with one attached hydrogen (secondary N) is 1. The maximum Gasteiger partial charge on any atom is 0.170 e. The minimum absolute atomic E-state index is 0.109. The van der Waals surface area contributed by atoms with E-state index in [1.807, 2.05) is 30.3 Å². The molecule has 0 radical (unpaired) electrons. The fourth-order valence-electron chi connectivity index (χ4n) is 2.02. The van der Waals surface area contributed by atoms with Gasteiger partial charge in [0, 0.05) is 12.1 Å². The summed E-state index contributed by atoms with van der Waals surface area (Å²) in [6.07, 6.45) is 1.64. The summed E-state index contributed by atoms with van der Waals surface area (Å²) >= 11 is 0. The fourth-order valence-corrected chi connectivity index (χ4v) is 2.02. The molecule has 2 N–H and O–H groups in total. The van der Waals surface area contributed by atoms with Crippen molar-refractivity contribution in [1.29, 1.82) is 0 Å². The first-order valence-electron chi connectivity index (χ1n) is 6.87. The number of aliphatic hydroxyl groups excluding tert-OH is 1. The van der Waals surface area contributed by atoms with E-state index >= 15 is 0 Å². The van der Waals surface area contributed by atoms with Crippen LogP contribution in [0.1, 0.15) is 32.5 Å². The van der Waals surface area contributed by atoms with Crippen molar-refractivity contribution in [3.63, 3.8) is 0 Å². The quantitative estimate of drug-likeness (QED) is 0.796. The molecule has 1 aromatic heterocycles. The summed E-state index contributed by atoms with van der Waals surface area (Å²) < 4.78 is 1.72. The molecule has 0 aliphatic heterocycles. The molecule has 20 heavy (non-hydrogen) atoms. The first-order valence-corrected chi connectivity index (χ1v) is 6.87. The first kappa shape index (κ1) is 14.6. The van der Waals surface area contributed by atoms with Crippen molar-refractivity contribution >= 4 is 0 Å². The van der Waals surface area contributed by atoms with Crippen molar-refractivity contribution in [2.45, 2.75) is 38.8 Å². The smallest absolute Gasteiger partial charge is 0.170 e. The van der Waals surface area contributed by atoms with Crippen molar-refractivity contribution in [3.05, 3.63) is 36.2 Å². The second-order valence-corrected chi connectivity index (χ2v) is 5.08. The minimum Gasteiger partial charge on any atom is -0.396 e. The number of hydrogen-bond donors (Lipinski definition) is 2. The number of benzene rings is 1. The van der Waals surface area contributed by atoms with E-state index in [2.05, 4.69) is 34.7 Å². The van der Waals surface area contributed by atoms with Crippen LogP contribution in [-0.4, -0.2) is 37.5 Å². The van der Waals surface area contributed by atoms with Crippen molar-refractivity contribution in [2.24, 2.45) is 0 Å². The maximum atomic E-state index is 9.14. The number of tetrazole rings is 1. The summed E-state index contributed by atoms with van der Waals surface area (Å²) in [6, 6.07) is 9.80. The molecule has 2 rings (SSSR count). The normalized spacial score (nSPS) is 14.2. The van der Waals surface area contributed by atoms with Gasteiger partial charge in [0.15, 0.2) is 5.82 Å². The van der Waals surface area contributed by atoms with Gasteiger partial charge in [-0.25, -0.2) is 0 Å². The van der Waals surface area contributed by atoms with E-state index in [1.165, 1.54) is 0 Å². The molecule has 6 nitrogen and oxygen atoms in total. The zero-order valence-corrected chi connectivity index (χ0v) is 12.0. The molecule has 0 fully saturated rings. The van der Waals surface area contributed by atoms with E-state index < -0.39 is 0 Å². The molecule has 1 atom stereocenters. The van der Waals surface area contributed by atoms with Gasteiger partial charge in [-0.05, 0) is 42.3 Å². The van der Waals surface area contributed by atoms with E-state index in [1.54, 1.807) is 4.68 Å². The fraction of sp³-hybridized carbons (Fsp3) is 0.500. The van der Waals surface area contributed by atoms with Gasteiger partial charge in [0.1, 0.15) is 0 Å². The average molecular weight is 275 g/mol.